The van der Waals surface area contributed by atoms with Crippen LogP contribution in [0.5, 0.6) is 0 Å². The molecule has 1 fully saturated rings. The predicted molar refractivity (Wildman–Crippen MR) is 89.6 cm³/mol. The molecule has 2 aromatic heterocycles. The Labute approximate surface area is 138 Å². The summed E-state index contributed by atoms with van der Waals surface area (Å²) in [6.45, 7) is 3.92. The van der Waals surface area contributed by atoms with Crippen molar-refractivity contribution in [2.75, 3.05) is 23.3 Å². The number of aromatic nitrogens is 5. The number of hydrogen-bond donors (Lipinski definition) is 1. The first kappa shape index (κ1) is 14.6. The largest absolute Gasteiger partial charge is 0.353 e. The van der Waals surface area contributed by atoms with Crippen LogP contribution < -0.4 is 10.2 Å². The van der Waals surface area contributed by atoms with Crippen LogP contribution in [-0.4, -0.2) is 44.0 Å². The van der Waals surface area contributed by atoms with Crippen LogP contribution in [0.1, 0.15) is 6.92 Å². The van der Waals surface area contributed by atoms with Crippen LogP contribution in [-0.2, 0) is 11.3 Å². The Kier molecular flexibility index (Phi) is 3.56. The summed E-state index contributed by atoms with van der Waals surface area (Å²) in [4.78, 5) is 22.9. The van der Waals surface area contributed by atoms with E-state index >= 15 is 0 Å². The fourth-order valence-corrected chi connectivity index (χ4v) is 2.81. The van der Waals surface area contributed by atoms with Crippen molar-refractivity contribution in [3.63, 3.8) is 0 Å². The van der Waals surface area contributed by atoms with Crippen molar-refractivity contribution in [3.8, 4) is 0 Å². The van der Waals surface area contributed by atoms with Crippen LogP contribution in [0.25, 0.3) is 11.2 Å². The van der Waals surface area contributed by atoms with Gasteiger partial charge >= 0.3 is 0 Å². The second-order valence-corrected chi connectivity index (χ2v) is 5.73. The molecular formula is C16H17N7O. The van der Waals surface area contributed by atoms with Gasteiger partial charge in [0.2, 0.25) is 5.91 Å². The van der Waals surface area contributed by atoms with E-state index in [0.717, 1.165) is 17.2 Å². The number of amides is 1. The van der Waals surface area contributed by atoms with Gasteiger partial charge in [0.1, 0.15) is 6.33 Å². The Morgan fingerprint density at radius 1 is 1.25 bits per heavy atom. The minimum atomic E-state index is -0.0589. The molecule has 4 rings (SSSR count). The third-order valence-corrected chi connectivity index (χ3v) is 4.17. The molecule has 1 N–H and O–H groups in total. The number of carbonyl (C=O) groups is 1. The van der Waals surface area contributed by atoms with Gasteiger partial charge in [-0.3, -0.25) is 4.79 Å². The van der Waals surface area contributed by atoms with Gasteiger partial charge in [-0.1, -0.05) is 23.4 Å². The molecule has 8 nitrogen and oxygen atoms in total. The first-order valence-corrected chi connectivity index (χ1v) is 7.91. The van der Waals surface area contributed by atoms with Crippen LogP contribution in [0.4, 0.5) is 11.5 Å². The summed E-state index contributed by atoms with van der Waals surface area (Å²) in [6, 6.07) is 9.48. The number of carbonyl (C=O) groups excluding carboxylic acids is 1. The minimum Gasteiger partial charge on any atom is -0.353 e. The molecule has 0 bridgehead atoms. The molecule has 1 aliphatic rings. The highest BCUT2D eigenvalue weighted by atomic mass is 16.2. The van der Waals surface area contributed by atoms with Crippen molar-refractivity contribution in [1.29, 1.82) is 0 Å². The number of nitrogens with one attached hydrogen (secondary N) is 1. The average Bonchev–Trinajstić information content (AvgIpc) is 2.98. The number of aryl methyl sites for hydroxylation is 1. The molecule has 1 aromatic carbocycles. The van der Waals surface area contributed by atoms with E-state index in [1.54, 1.807) is 4.68 Å². The number of para-hydroxylation sites is 1. The number of nitrogens with zero attached hydrogens (tertiary/aromatic N) is 6. The van der Waals surface area contributed by atoms with E-state index in [4.69, 9.17) is 0 Å². The van der Waals surface area contributed by atoms with Crippen LogP contribution in [0.15, 0.2) is 36.7 Å². The van der Waals surface area contributed by atoms with E-state index in [9.17, 15) is 4.79 Å². The molecule has 1 saturated heterocycles. The molecule has 0 aliphatic carbocycles. The van der Waals surface area contributed by atoms with Gasteiger partial charge in [-0.2, -0.15) is 0 Å². The summed E-state index contributed by atoms with van der Waals surface area (Å²) in [5, 5.41) is 11.2. The Balaban J connectivity index is 1.46. The third-order valence-electron chi connectivity index (χ3n) is 4.17. The fourth-order valence-electron chi connectivity index (χ4n) is 2.81. The summed E-state index contributed by atoms with van der Waals surface area (Å²) in [5.74, 6) is 0.708. The molecular weight excluding hydrogens is 306 g/mol. The summed E-state index contributed by atoms with van der Waals surface area (Å²) in [6.07, 6.45) is 1.52. The summed E-state index contributed by atoms with van der Waals surface area (Å²) >= 11 is 0. The lowest BCUT2D eigenvalue weighted by Crippen LogP contribution is -2.52. The van der Waals surface area contributed by atoms with Gasteiger partial charge in [0.15, 0.2) is 17.0 Å². The van der Waals surface area contributed by atoms with E-state index in [1.165, 1.54) is 6.33 Å². The molecule has 0 spiro atoms. The maximum absolute atomic E-state index is 12.3. The molecule has 1 amide bonds. The number of fused-ring (bicyclic) bond motifs is 1. The Morgan fingerprint density at radius 3 is 2.79 bits per heavy atom. The number of hydrogen-bond acceptors (Lipinski definition) is 6. The molecule has 3 heterocycles. The normalized spacial score (nSPS) is 14.6. The zero-order valence-electron chi connectivity index (χ0n) is 13.3. The van der Waals surface area contributed by atoms with Crippen molar-refractivity contribution in [1.82, 2.24) is 25.0 Å². The lowest BCUT2D eigenvalue weighted by atomic mass is 9.99. The summed E-state index contributed by atoms with van der Waals surface area (Å²) in [5.41, 5.74) is 2.22. The van der Waals surface area contributed by atoms with Crippen LogP contribution in [0, 0.1) is 5.92 Å². The van der Waals surface area contributed by atoms with E-state index in [1.807, 2.05) is 42.2 Å². The summed E-state index contributed by atoms with van der Waals surface area (Å²) < 4.78 is 1.74. The maximum Gasteiger partial charge on any atom is 0.231 e. The van der Waals surface area contributed by atoms with Crippen LogP contribution in [0.2, 0.25) is 0 Å². The zero-order valence-corrected chi connectivity index (χ0v) is 13.3. The van der Waals surface area contributed by atoms with Crippen LogP contribution >= 0.6 is 0 Å². The molecule has 0 unspecified atom stereocenters. The standard InChI is InChI=1S/C16H17N7O/c1-2-23-15-13(20-21-23)14(17-10-18-15)22-8-11(9-22)16(24)19-12-6-4-3-5-7-12/h3-7,10-11H,2,8-9H2,1H3,(H,19,24). The van der Waals surface area contributed by atoms with Gasteiger partial charge in [-0.25, -0.2) is 14.6 Å². The maximum atomic E-state index is 12.3. The zero-order chi connectivity index (χ0) is 16.5. The Morgan fingerprint density at radius 2 is 2.04 bits per heavy atom. The van der Waals surface area contributed by atoms with Gasteiger partial charge in [0, 0.05) is 25.3 Å². The minimum absolute atomic E-state index is 0.0277. The first-order chi connectivity index (χ1) is 11.8. The van der Waals surface area contributed by atoms with E-state index in [2.05, 4.69) is 25.6 Å². The average molecular weight is 323 g/mol. The first-order valence-electron chi connectivity index (χ1n) is 7.91. The second kappa shape index (κ2) is 5.88. The summed E-state index contributed by atoms with van der Waals surface area (Å²) in [7, 11) is 0. The van der Waals surface area contributed by atoms with Crippen LogP contribution in [0.3, 0.4) is 0 Å². The smallest absolute Gasteiger partial charge is 0.231 e. The number of rotatable bonds is 4. The highest BCUT2D eigenvalue weighted by Crippen LogP contribution is 2.28. The lowest BCUT2D eigenvalue weighted by Gasteiger charge is -2.38. The second-order valence-electron chi connectivity index (χ2n) is 5.73. The number of benzene rings is 1. The van der Waals surface area contributed by atoms with Gasteiger partial charge in [-0.15, -0.1) is 5.10 Å². The van der Waals surface area contributed by atoms with Crippen molar-refractivity contribution in [2.24, 2.45) is 5.92 Å². The molecule has 0 saturated carbocycles. The fraction of sp³-hybridized carbons (Fsp3) is 0.312. The Bertz CT molecular complexity index is 871. The van der Waals surface area contributed by atoms with Gasteiger partial charge < -0.3 is 10.2 Å². The lowest BCUT2D eigenvalue weighted by molar-refractivity contribution is -0.120. The molecule has 24 heavy (non-hydrogen) atoms. The van der Waals surface area contributed by atoms with Crippen molar-refractivity contribution >= 4 is 28.6 Å². The number of anilines is 2. The van der Waals surface area contributed by atoms with E-state index in [0.29, 0.717) is 25.2 Å². The van der Waals surface area contributed by atoms with E-state index < -0.39 is 0 Å². The molecule has 3 aromatic rings. The van der Waals surface area contributed by atoms with E-state index in [-0.39, 0.29) is 11.8 Å². The van der Waals surface area contributed by atoms with Crippen molar-refractivity contribution in [3.05, 3.63) is 36.7 Å². The molecule has 1 aliphatic heterocycles. The van der Waals surface area contributed by atoms with Crippen molar-refractivity contribution < 1.29 is 4.79 Å². The topological polar surface area (TPSA) is 88.8 Å². The highest BCUT2D eigenvalue weighted by molar-refractivity contribution is 5.95. The van der Waals surface area contributed by atoms with Gasteiger partial charge in [0.25, 0.3) is 0 Å². The molecule has 0 radical (unpaired) electrons. The molecule has 8 heteroatoms. The quantitative estimate of drug-likeness (QED) is 0.779. The third kappa shape index (κ3) is 2.45. The van der Waals surface area contributed by atoms with Gasteiger partial charge in [0.05, 0.1) is 5.92 Å². The molecule has 122 valence electrons. The molecule has 0 atom stereocenters. The predicted octanol–water partition coefficient (Wildman–Crippen LogP) is 1.32. The van der Waals surface area contributed by atoms with Gasteiger partial charge in [-0.05, 0) is 19.1 Å². The monoisotopic (exact) mass is 323 g/mol. The Hall–Kier alpha value is -3.03. The SMILES string of the molecule is CCn1nnc2c(N3CC(C(=O)Nc4ccccc4)C3)ncnc21. The van der Waals surface area contributed by atoms with Crippen molar-refractivity contribution in [2.45, 2.75) is 13.5 Å². The highest BCUT2D eigenvalue weighted by Gasteiger charge is 2.35.